The number of H-pyrrole nitrogens is 1. The molecular formula is C27H33N9O4S2. The normalized spacial score (nSPS) is 19.6. The van der Waals surface area contributed by atoms with Gasteiger partial charge in [0.25, 0.3) is 0 Å². The molecule has 0 spiro atoms. The number of aromatic nitrogens is 5. The summed E-state index contributed by atoms with van der Waals surface area (Å²) in [5.74, 6) is 1.54. The molecule has 2 aliphatic heterocycles. The Morgan fingerprint density at radius 3 is 2.67 bits per heavy atom. The Bertz CT molecular complexity index is 1580. The number of benzene rings is 1. The van der Waals surface area contributed by atoms with E-state index in [0.717, 1.165) is 16.1 Å². The van der Waals surface area contributed by atoms with Gasteiger partial charge in [0.1, 0.15) is 5.52 Å². The van der Waals surface area contributed by atoms with Gasteiger partial charge >= 0.3 is 0 Å². The van der Waals surface area contributed by atoms with Gasteiger partial charge < -0.3 is 15.5 Å². The van der Waals surface area contributed by atoms with E-state index in [0.29, 0.717) is 55.1 Å². The van der Waals surface area contributed by atoms with Crippen molar-refractivity contribution in [2.24, 2.45) is 5.92 Å². The van der Waals surface area contributed by atoms with Crippen LogP contribution in [0.5, 0.6) is 0 Å². The fourth-order valence-corrected chi connectivity index (χ4v) is 7.13. The summed E-state index contributed by atoms with van der Waals surface area (Å²) in [6.45, 7) is 4.09. The largest absolute Gasteiger partial charge is 0.339 e. The molecule has 0 bridgehead atoms. The predicted molar refractivity (Wildman–Crippen MR) is 162 cm³/mol. The quantitative estimate of drug-likeness (QED) is 0.199. The number of aromatic amines is 1. The smallest absolute Gasteiger partial charge is 0.238 e. The molecule has 0 saturated carbocycles. The molecule has 2 saturated heterocycles. The molecule has 42 heavy (non-hydrogen) atoms. The minimum atomic E-state index is -2.54. The molecule has 1 aromatic carbocycles. The van der Waals surface area contributed by atoms with Gasteiger partial charge in [-0.3, -0.25) is 28.7 Å². The predicted octanol–water partition coefficient (Wildman–Crippen LogP) is 3.51. The number of rotatable bonds is 8. The van der Waals surface area contributed by atoms with E-state index in [1.807, 2.05) is 60.5 Å². The average molecular weight is 612 g/mol. The molecule has 5 heterocycles. The Morgan fingerprint density at radius 2 is 1.93 bits per heavy atom. The lowest BCUT2D eigenvalue weighted by Gasteiger charge is -2.41. The number of amides is 2. The molecule has 13 nitrogen and oxygen atoms in total. The highest BCUT2D eigenvalue weighted by molar-refractivity contribution is 8.24. The molecule has 0 radical (unpaired) electrons. The van der Waals surface area contributed by atoms with Crippen molar-refractivity contribution >= 4 is 57.0 Å². The molecule has 5 N–H and O–H groups in total. The fraction of sp³-hybridized carbons (Fsp3) is 0.370. The highest BCUT2D eigenvalue weighted by Crippen LogP contribution is 2.40. The molecule has 15 heteroatoms. The zero-order valence-corrected chi connectivity index (χ0v) is 24.7. The second kappa shape index (κ2) is 11.9. The van der Waals surface area contributed by atoms with Gasteiger partial charge in [-0.05, 0) is 68.0 Å². The van der Waals surface area contributed by atoms with E-state index in [1.54, 1.807) is 9.42 Å². The number of anilines is 3. The Balaban J connectivity index is 1.01. The van der Waals surface area contributed by atoms with Gasteiger partial charge in [0.15, 0.2) is 11.6 Å². The third-order valence-electron chi connectivity index (χ3n) is 7.35. The lowest BCUT2D eigenvalue weighted by atomic mass is 10.1. The lowest BCUT2D eigenvalue weighted by Crippen LogP contribution is -2.45. The summed E-state index contributed by atoms with van der Waals surface area (Å²) in [5, 5.41) is 18.5. The van der Waals surface area contributed by atoms with Crippen LogP contribution in [-0.4, -0.2) is 99.7 Å². The Morgan fingerprint density at radius 1 is 1.14 bits per heavy atom. The number of nitrogens with one attached hydrogen (secondary N) is 3. The first-order valence-electron chi connectivity index (χ1n) is 13.7. The summed E-state index contributed by atoms with van der Waals surface area (Å²) < 4.78 is 21.4. The van der Waals surface area contributed by atoms with Crippen molar-refractivity contribution in [3.05, 3.63) is 54.4 Å². The summed E-state index contributed by atoms with van der Waals surface area (Å²) in [5.41, 5.74) is 2.46. The van der Waals surface area contributed by atoms with Gasteiger partial charge in [-0.25, -0.2) is 9.50 Å². The SMILES string of the molecule is Cc1cc(Nc2nc(Sc3ccc(NC(=O)CN4CCC(C(=O)N5CCS(O)(O)CC5)C4)cc3)nn3cccc23)n[nH]1. The molecule has 2 amide bonds. The zero-order valence-electron chi connectivity index (χ0n) is 23.1. The number of carbonyl (C=O) groups excluding carboxylic acids is 2. The van der Waals surface area contributed by atoms with E-state index in [1.165, 1.54) is 11.8 Å². The summed E-state index contributed by atoms with van der Waals surface area (Å²) in [7, 11) is -2.54. The first-order valence-corrected chi connectivity index (χ1v) is 16.4. The number of carbonyl (C=O) groups is 2. The van der Waals surface area contributed by atoms with E-state index in [4.69, 9.17) is 4.98 Å². The highest BCUT2D eigenvalue weighted by Gasteiger charge is 2.34. The van der Waals surface area contributed by atoms with Crippen LogP contribution >= 0.6 is 22.4 Å². The standard InChI is InChI=1S/C27H33N9O4S2/c1-18-15-23(32-31-18)29-25-22-3-2-9-36(22)33-27(30-25)41-21-6-4-20(5-7-21)28-24(37)17-34-10-8-19(16-34)26(38)35-11-13-42(39,40)14-12-35/h2-7,9,15,19,39-40H,8,10-14,16-17H2,1H3,(H,28,37)(H2,29,30,31,32,33). The lowest BCUT2D eigenvalue weighted by molar-refractivity contribution is -0.135. The molecule has 1 atom stereocenters. The second-order valence-corrected chi connectivity index (χ2v) is 14.0. The van der Waals surface area contributed by atoms with Crippen molar-refractivity contribution < 1.29 is 18.7 Å². The maximum atomic E-state index is 12.9. The van der Waals surface area contributed by atoms with Crippen LogP contribution in [0.15, 0.2) is 58.7 Å². The molecule has 222 valence electrons. The van der Waals surface area contributed by atoms with Crippen molar-refractivity contribution in [2.75, 3.05) is 54.9 Å². The van der Waals surface area contributed by atoms with Crippen LogP contribution < -0.4 is 10.6 Å². The van der Waals surface area contributed by atoms with Gasteiger partial charge in [0, 0.05) is 48.2 Å². The van der Waals surface area contributed by atoms with Crippen LogP contribution in [0.3, 0.4) is 0 Å². The first kappa shape index (κ1) is 28.5. The summed E-state index contributed by atoms with van der Waals surface area (Å²) >= 11 is 1.41. The maximum absolute atomic E-state index is 12.9. The number of likely N-dealkylation sites (tertiary alicyclic amines) is 1. The third kappa shape index (κ3) is 6.71. The van der Waals surface area contributed by atoms with Crippen LogP contribution in [0.1, 0.15) is 12.1 Å². The van der Waals surface area contributed by atoms with Crippen LogP contribution in [0, 0.1) is 12.8 Å². The zero-order chi connectivity index (χ0) is 29.3. The minimum absolute atomic E-state index is 0.0416. The second-order valence-electron chi connectivity index (χ2n) is 10.6. The van der Waals surface area contributed by atoms with Gasteiger partial charge in [-0.1, -0.05) is 0 Å². The summed E-state index contributed by atoms with van der Waals surface area (Å²) in [6.07, 6.45) is 2.56. The Hall–Kier alpha value is -3.63. The Kier molecular flexibility index (Phi) is 8.09. The monoisotopic (exact) mass is 611 g/mol. The molecular weight excluding hydrogens is 578 g/mol. The number of fused-ring (bicyclic) bond motifs is 1. The van der Waals surface area contributed by atoms with Crippen molar-refractivity contribution in [3.8, 4) is 0 Å². The van der Waals surface area contributed by atoms with E-state index in [9.17, 15) is 18.7 Å². The molecule has 3 aromatic heterocycles. The molecule has 2 aliphatic rings. The van der Waals surface area contributed by atoms with Crippen LogP contribution in [0.2, 0.25) is 0 Å². The maximum Gasteiger partial charge on any atom is 0.238 e. The first-order chi connectivity index (χ1) is 20.2. The summed E-state index contributed by atoms with van der Waals surface area (Å²) in [6, 6.07) is 13.2. The number of hydrogen-bond donors (Lipinski definition) is 5. The average Bonchev–Trinajstić information content (AvgIpc) is 3.71. The van der Waals surface area contributed by atoms with Gasteiger partial charge in [0.05, 0.1) is 24.0 Å². The van der Waals surface area contributed by atoms with E-state index in [2.05, 4.69) is 25.9 Å². The molecule has 0 aliphatic carbocycles. The van der Waals surface area contributed by atoms with Crippen molar-refractivity contribution in [1.29, 1.82) is 0 Å². The van der Waals surface area contributed by atoms with Crippen LogP contribution in [0.25, 0.3) is 5.52 Å². The highest BCUT2D eigenvalue weighted by atomic mass is 32.3. The minimum Gasteiger partial charge on any atom is -0.339 e. The number of nitrogens with zero attached hydrogens (tertiary/aromatic N) is 6. The third-order valence-corrected chi connectivity index (χ3v) is 9.88. The van der Waals surface area contributed by atoms with E-state index in [-0.39, 0.29) is 35.8 Å². The Labute approximate surface area is 248 Å². The molecule has 6 rings (SSSR count). The molecule has 2 fully saturated rings. The fourth-order valence-electron chi connectivity index (χ4n) is 5.15. The van der Waals surface area contributed by atoms with Crippen LogP contribution in [0.4, 0.5) is 17.3 Å². The van der Waals surface area contributed by atoms with Crippen molar-refractivity contribution in [2.45, 2.75) is 23.4 Å². The van der Waals surface area contributed by atoms with Gasteiger partial charge in [-0.2, -0.15) is 15.7 Å². The van der Waals surface area contributed by atoms with E-state index < -0.39 is 10.6 Å². The number of hydrogen-bond acceptors (Lipinski definition) is 10. The molecule has 1 unspecified atom stereocenters. The van der Waals surface area contributed by atoms with Gasteiger partial charge in [0.2, 0.25) is 17.0 Å². The topological polar surface area (TPSA) is 164 Å². The van der Waals surface area contributed by atoms with Crippen LogP contribution in [-0.2, 0) is 9.59 Å². The number of aryl methyl sites for hydroxylation is 1. The van der Waals surface area contributed by atoms with Gasteiger partial charge in [-0.15, -0.1) is 5.10 Å². The van der Waals surface area contributed by atoms with Crippen molar-refractivity contribution in [1.82, 2.24) is 34.6 Å². The summed E-state index contributed by atoms with van der Waals surface area (Å²) in [4.78, 5) is 34.9. The van der Waals surface area contributed by atoms with E-state index >= 15 is 0 Å². The van der Waals surface area contributed by atoms with Crippen molar-refractivity contribution in [3.63, 3.8) is 0 Å². The molecule has 4 aromatic rings.